The molecule has 0 N–H and O–H groups in total. The first-order valence-corrected chi connectivity index (χ1v) is 5.15. The van der Waals surface area contributed by atoms with E-state index in [-0.39, 0.29) is 6.03 Å². The number of rotatable bonds is 1. The van der Waals surface area contributed by atoms with E-state index in [2.05, 4.69) is 6.92 Å². The van der Waals surface area contributed by atoms with Crippen LogP contribution in [0.1, 0.15) is 26.7 Å². The van der Waals surface area contributed by atoms with Crippen LogP contribution in [0, 0.1) is 5.92 Å². The van der Waals surface area contributed by atoms with Gasteiger partial charge in [-0.1, -0.05) is 6.92 Å². The largest absolute Gasteiger partial charge is 0.328 e. The molecule has 1 aliphatic heterocycles. The van der Waals surface area contributed by atoms with Gasteiger partial charge in [0, 0.05) is 26.7 Å². The molecule has 1 heterocycles. The maximum Gasteiger partial charge on any atom is 0.319 e. The zero-order valence-corrected chi connectivity index (χ0v) is 8.92. The van der Waals surface area contributed by atoms with Crippen LogP contribution in [0.15, 0.2) is 0 Å². The Hall–Kier alpha value is -0.730. The van der Waals surface area contributed by atoms with Crippen molar-refractivity contribution >= 4 is 6.03 Å². The predicted molar refractivity (Wildman–Crippen MR) is 53.7 cm³/mol. The van der Waals surface area contributed by atoms with Crippen molar-refractivity contribution < 1.29 is 4.79 Å². The monoisotopic (exact) mass is 184 g/mol. The molecule has 0 aromatic carbocycles. The van der Waals surface area contributed by atoms with Gasteiger partial charge in [-0.25, -0.2) is 4.79 Å². The van der Waals surface area contributed by atoms with Crippen LogP contribution in [-0.2, 0) is 0 Å². The maximum atomic E-state index is 11.7. The van der Waals surface area contributed by atoms with Crippen LogP contribution in [0.25, 0.3) is 0 Å². The molecule has 0 spiro atoms. The van der Waals surface area contributed by atoms with Crippen molar-refractivity contribution in [3.8, 4) is 0 Å². The molecule has 0 aromatic rings. The predicted octanol–water partition coefficient (Wildman–Crippen LogP) is 1.79. The number of amides is 2. The Balaban J connectivity index is 2.40. The number of nitrogens with zero attached hydrogens (tertiary/aromatic N) is 2. The normalized spacial score (nSPS) is 18.8. The zero-order valence-electron chi connectivity index (χ0n) is 8.92. The van der Waals surface area contributed by atoms with E-state index in [4.69, 9.17) is 0 Å². The van der Waals surface area contributed by atoms with Gasteiger partial charge in [-0.3, -0.25) is 0 Å². The lowest BCUT2D eigenvalue weighted by Crippen LogP contribution is -2.44. The van der Waals surface area contributed by atoms with Crippen molar-refractivity contribution in [1.82, 2.24) is 9.80 Å². The third-order valence-electron chi connectivity index (χ3n) is 2.86. The molecule has 0 aliphatic carbocycles. The van der Waals surface area contributed by atoms with Gasteiger partial charge in [-0.15, -0.1) is 0 Å². The van der Waals surface area contributed by atoms with Crippen LogP contribution in [0.4, 0.5) is 4.79 Å². The summed E-state index contributed by atoms with van der Waals surface area (Å²) in [7, 11) is 1.86. The van der Waals surface area contributed by atoms with E-state index in [0.717, 1.165) is 38.4 Å². The first-order valence-electron chi connectivity index (χ1n) is 5.15. The number of piperidine rings is 1. The first-order chi connectivity index (χ1) is 6.15. The number of hydrogen-bond donors (Lipinski definition) is 0. The fourth-order valence-corrected chi connectivity index (χ4v) is 1.58. The van der Waals surface area contributed by atoms with Gasteiger partial charge >= 0.3 is 6.03 Å². The van der Waals surface area contributed by atoms with E-state index < -0.39 is 0 Å². The average Bonchev–Trinajstić information content (AvgIpc) is 2.17. The highest BCUT2D eigenvalue weighted by atomic mass is 16.2. The second-order valence-electron chi connectivity index (χ2n) is 3.97. The highest BCUT2D eigenvalue weighted by Crippen LogP contribution is 2.16. The van der Waals surface area contributed by atoms with Gasteiger partial charge in [0.1, 0.15) is 0 Å². The van der Waals surface area contributed by atoms with Gasteiger partial charge < -0.3 is 9.80 Å². The summed E-state index contributed by atoms with van der Waals surface area (Å²) in [6.45, 7) is 6.93. The average molecular weight is 184 g/mol. The molecule has 1 rings (SSSR count). The van der Waals surface area contributed by atoms with Gasteiger partial charge in [0.05, 0.1) is 0 Å². The third-order valence-corrected chi connectivity index (χ3v) is 2.86. The maximum absolute atomic E-state index is 11.7. The summed E-state index contributed by atoms with van der Waals surface area (Å²) in [5.74, 6) is 0.788. The second kappa shape index (κ2) is 4.49. The molecule has 0 radical (unpaired) electrons. The van der Waals surface area contributed by atoms with Crippen LogP contribution in [0.2, 0.25) is 0 Å². The van der Waals surface area contributed by atoms with Crippen molar-refractivity contribution in [2.24, 2.45) is 5.92 Å². The van der Waals surface area contributed by atoms with Crippen LogP contribution in [-0.4, -0.2) is 42.5 Å². The summed E-state index contributed by atoms with van der Waals surface area (Å²) in [6.07, 6.45) is 2.31. The lowest BCUT2D eigenvalue weighted by atomic mass is 10.00. The van der Waals surface area contributed by atoms with Crippen LogP contribution < -0.4 is 0 Å². The molecule has 1 fully saturated rings. The van der Waals surface area contributed by atoms with Crippen LogP contribution in [0.3, 0.4) is 0 Å². The van der Waals surface area contributed by atoms with Crippen molar-refractivity contribution in [2.75, 3.05) is 26.7 Å². The minimum Gasteiger partial charge on any atom is -0.328 e. The van der Waals surface area contributed by atoms with Crippen molar-refractivity contribution in [3.05, 3.63) is 0 Å². The van der Waals surface area contributed by atoms with Gasteiger partial charge in [-0.05, 0) is 25.7 Å². The Morgan fingerprint density at radius 2 is 2.00 bits per heavy atom. The summed E-state index contributed by atoms with van der Waals surface area (Å²) >= 11 is 0. The Bertz CT molecular complexity index is 174. The van der Waals surface area contributed by atoms with Gasteiger partial charge in [0.2, 0.25) is 0 Å². The van der Waals surface area contributed by atoms with Gasteiger partial charge in [0.15, 0.2) is 0 Å². The summed E-state index contributed by atoms with van der Waals surface area (Å²) in [6, 6.07) is 0.189. The standard InChI is InChI=1S/C10H20N2O/c1-4-11(3)10(13)12-7-5-9(2)6-8-12/h9H,4-8H2,1-3H3. The summed E-state index contributed by atoms with van der Waals surface area (Å²) in [4.78, 5) is 15.4. The van der Waals surface area contributed by atoms with Crippen molar-refractivity contribution in [3.63, 3.8) is 0 Å². The Morgan fingerprint density at radius 1 is 1.46 bits per heavy atom. The smallest absolute Gasteiger partial charge is 0.319 e. The third kappa shape index (κ3) is 2.61. The summed E-state index contributed by atoms with van der Waals surface area (Å²) < 4.78 is 0. The SMILES string of the molecule is CCN(C)C(=O)N1CCC(C)CC1. The highest BCUT2D eigenvalue weighted by Gasteiger charge is 2.21. The molecule has 0 bridgehead atoms. The molecule has 0 atom stereocenters. The molecule has 2 amide bonds. The van der Waals surface area contributed by atoms with Gasteiger partial charge in [-0.2, -0.15) is 0 Å². The molecule has 0 aromatic heterocycles. The van der Waals surface area contributed by atoms with Crippen molar-refractivity contribution in [1.29, 1.82) is 0 Å². The minimum atomic E-state index is 0.189. The molecule has 13 heavy (non-hydrogen) atoms. The van der Waals surface area contributed by atoms with Crippen molar-refractivity contribution in [2.45, 2.75) is 26.7 Å². The van der Waals surface area contributed by atoms with E-state index in [1.807, 2.05) is 18.9 Å². The Labute approximate surface area is 80.7 Å². The number of urea groups is 1. The molecular weight excluding hydrogens is 164 g/mol. The van der Waals surface area contributed by atoms with Crippen LogP contribution in [0.5, 0.6) is 0 Å². The van der Waals surface area contributed by atoms with E-state index >= 15 is 0 Å². The fraction of sp³-hybridized carbons (Fsp3) is 0.900. The minimum absolute atomic E-state index is 0.189. The fourth-order valence-electron chi connectivity index (χ4n) is 1.58. The quantitative estimate of drug-likeness (QED) is 0.609. The number of carbonyl (C=O) groups excluding carboxylic acids is 1. The zero-order chi connectivity index (χ0) is 9.84. The topological polar surface area (TPSA) is 23.6 Å². The van der Waals surface area contributed by atoms with E-state index in [0.29, 0.717) is 0 Å². The van der Waals surface area contributed by atoms with Crippen LogP contribution >= 0.6 is 0 Å². The van der Waals surface area contributed by atoms with E-state index in [9.17, 15) is 4.79 Å². The summed E-state index contributed by atoms with van der Waals surface area (Å²) in [5.41, 5.74) is 0. The van der Waals surface area contributed by atoms with E-state index in [1.54, 1.807) is 4.90 Å². The lowest BCUT2D eigenvalue weighted by molar-refractivity contribution is 0.145. The number of likely N-dealkylation sites (tertiary alicyclic amines) is 1. The molecule has 1 saturated heterocycles. The molecule has 0 unspecified atom stereocenters. The molecule has 1 aliphatic rings. The van der Waals surface area contributed by atoms with E-state index in [1.165, 1.54) is 0 Å². The molecular formula is C10H20N2O. The number of carbonyl (C=O) groups is 1. The molecule has 3 nitrogen and oxygen atoms in total. The molecule has 0 saturated carbocycles. The number of hydrogen-bond acceptors (Lipinski definition) is 1. The van der Waals surface area contributed by atoms with Gasteiger partial charge in [0.25, 0.3) is 0 Å². The first kappa shape index (κ1) is 10.4. The molecule has 3 heteroatoms. The summed E-state index contributed by atoms with van der Waals surface area (Å²) in [5, 5.41) is 0. The Kier molecular flexibility index (Phi) is 3.58. The molecule has 76 valence electrons. The Morgan fingerprint density at radius 3 is 2.46 bits per heavy atom. The lowest BCUT2D eigenvalue weighted by Gasteiger charge is -2.33. The highest BCUT2D eigenvalue weighted by molar-refractivity contribution is 5.74. The second-order valence-corrected chi connectivity index (χ2v) is 3.97.